The van der Waals surface area contributed by atoms with Gasteiger partial charge >= 0.3 is 5.97 Å². The number of esters is 1. The first-order valence-electron chi connectivity index (χ1n) is 8.00. The maximum Gasteiger partial charge on any atom is 0.328 e. The maximum atomic E-state index is 12.6. The number of aromatic amines is 1. The number of nitrogens with one attached hydrogen (secondary N) is 2. The summed E-state index contributed by atoms with van der Waals surface area (Å²) in [4.78, 5) is 30.0. The van der Waals surface area contributed by atoms with Crippen LogP contribution in [0.1, 0.15) is 25.7 Å². The molecule has 0 saturated heterocycles. The molecule has 0 saturated carbocycles. The van der Waals surface area contributed by atoms with Crippen LogP contribution in [0.5, 0.6) is 0 Å². The number of benzene rings is 1. The molecule has 130 valence electrons. The van der Waals surface area contributed by atoms with Crippen LogP contribution in [0.2, 0.25) is 0 Å². The highest BCUT2D eigenvalue weighted by atomic mass is 32.1. The number of para-hydroxylation sites is 1. The molecule has 3 rings (SSSR count). The predicted octanol–water partition coefficient (Wildman–Crippen LogP) is 3.36. The van der Waals surface area contributed by atoms with Gasteiger partial charge in [-0.25, -0.2) is 4.79 Å². The molecule has 0 aliphatic carbocycles. The van der Waals surface area contributed by atoms with E-state index in [9.17, 15) is 9.59 Å². The molecule has 5 nitrogen and oxygen atoms in total. The number of hydrogen-bond donors (Lipinski definition) is 2. The summed E-state index contributed by atoms with van der Waals surface area (Å²) in [6.07, 6.45) is 2.23. The molecule has 0 aliphatic rings. The topological polar surface area (TPSA) is 71.2 Å². The van der Waals surface area contributed by atoms with Gasteiger partial charge < -0.3 is 15.0 Å². The number of hydrogen-bond acceptors (Lipinski definition) is 4. The first-order chi connectivity index (χ1) is 12.0. The van der Waals surface area contributed by atoms with Crippen molar-refractivity contribution in [1.29, 1.82) is 0 Å². The minimum atomic E-state index is -0.740. The molecule has 25 heavy (non-hydrogen) atoms. The number of methoxy groups -OCH3 is 1. The molecule has 1 unspecified atom stereocenters. The number of ether oxygens (including phenoxy) is 1. The largest absolute Gasteiger partial charge is 0.467 e. The third-order valence-electron chi connectivity index (χ3n) is 4.18. The van der Waals surface area contributed by atoms with Gasteiger partial charge in [-0.2, -0.15) is 0 Å². The van der Waals surface area contributed by atoms with Gasteiger partial charge in [0.15, 0.2) is 0 Å². The molecule has 0 fully saturated rings. The van der Waals surface area contributed by atoms with Gasteiger partial charge in [-0.3, -0.25) is 4.79 Å². The summed E-state index contributed by atoms with van der Waals surface area (Å²) in [5.74, 6) is -0.708. The van der Waals surface area contributed by atoms with Crippen LogP contribution in [-0.2, 0) is 16.0 Å². The summed E-state index contributed by atoms with van der Waals surface area (Å²) in [5.41, 5.74) is 2.57. The van der Waals surface area contributed by atoms with E-state index in [0.717, 1.165) is 26.2 Å². The third kappa shape index (κ3) is 3.58. The highest BCUT2D eigenvalue weighted by Crippen LogP contribution is 2.22. The summed E-state index contributed by atoms with van der Waals surface area (Å²) in [7, 11) is 1.33. The molecule has 3 aromatic rings. The van der Waals surface area contributed by atoms with Gasteiger partial charge in [0.25, 0.3) is 5.91 Å². The second-order valence-electron chi connectivity index (χ2n) is 5.94. The monoisotopic (exact) mass is 356 g/mol. The fraction of sp³-hybridized carbons (Fsp3) is 0.263. The van der Waals surface area contributed by atoms with E-state index < -0.39 is 12.0 Å². The van der Waals surface area contributed by atoms with E-state index in [1.54, 1.807) is 11.3 Å². The van der Waals surface area contributed by atoms with E-state index in [1.807, 2.05) is 50.4 Å². The number of carbonyl (C=O) groups excluding carboxylic acids is 2. The standard InChI is InChI=1S/C19H20N2O3S/c1-11-8-15(12(2)25-11)18(22)21-17(19(23)24-3)9-13-10-20-16-7-5-4-6-14(13)16/h4-8,10,17,20H,9H2,1-3H3,(H,21,22). The molecule has 2 heterocycles. The Balaban J connectivity index is 1.84. The smallest absolute Gasteiger partial charge is 0.328 e. The Labute approximate surface area is 150 Å². The van der Waals surface area contributed by atoms with Crippen LogP contribution in [-0.4, -0.2) is 30.0 Å². The van der Waals surface area contributed by atoms with E-state index in [4.69, 9.17) is 4.74 Å². The molecule has 0 bridgehead atoms. The molecule has 2 N–H and O–H groups in total. The zero-order chi connectivity index (χ0) is 18.0. The van der Waals surface area contributed by atoms with E-state index in [1.165, 1.54) is 7.11 Å². The highest BCUT2D eigenvalue weighted by molar-refractivity contribution is 7.12. The fourth-order valence-corrected chi connectivity index (χ4v) is 3.87. The molecule has 2 aromatic heterocycles. The van der Waals surface area contributed by atoms with Crippen LogP contribution < -0.4 is 5.32 Å². The number of rotatable bonds is 5. The van der Waals surface area contributed by atoms with Crippen molar-refractivity contribution in [2.75, 3.05) is 7.11 Å². The van der Waals surface area contributed by atoms with E-state index in [0.29, 0.717) is 12.0 Å². The molecule has 1 atom stereocenters. The number of H-pyrrole nitrogens is 1. The second kappa shape index (κ2) is 7.11. The van der Waals surface area contributed by atoms with Gasteiger partial charge in [0.2, 0.25) is 0 Å². The predicted molar refractivity (Wildman–Crippen MR) is 99.1 cm³/mol. The van der Waals surface area contributed by atoms with Crippen LogP contribution in [0, 0.1) is 13.8 Å². The first-order valence-corrected chi connectivity index (χ1v) is 8.82. The first kappa shape index (κ1) is 17.2. The quantitative estimate of drug-likeness (QED) is 0.689. The molecular formula is C19H20N2O3S. The summed E-state index contributed by atoms with van der Waals surface area (Å²) in [6, 6.07) is 8.96. The zero-order valence-electron chi connectivity index (χ0n) is 14.4. The van der Waals surface area contributed by atoms with Crippen LogP contribution in [0.25, 0.3) is 10.9 Å². The Bertz CT molecular complexity index is 926. The molecule has 0 spiro atoms. The summed E-state index contributed by atoms with van der Waals surface area (Å²) >= 11 is 1.56. The van der Waals surface area contributed by atoms with Crippen LogP contribution in [0.4, 0.5) is 0 Å². The number of amides is 1. The number of thiophene rings is 1. The Morgan fingerprint density at radius 2 is 2.04 bits per heavy atom. The van der Waals surface area contributed by atoms with Crippen LogP contribution in [0.15, 0.2) is 36.5 Å². The summed E-state index contributed by atoms with van der Waals surface area (Å²) in [5, 5.41) is 3.86. The van der Waals surface area contributed by atoms with Crippen LogP contribution in [0.3, 0.4) is 0 Å². The normalized spacial score (nSPS) is 12.1. The van der Waals surface area contributed by atoms with Crippen molar-refractivity contribution < 1.29 is 14.3 Å². The zero-order valence-corrected chi connectivity index (χ0v) is 15.2. The van der Waals surface area contributed by atoms with Crippen molar-refractivity contribution in [3.8, 4) is 0 Å². The lowest BCUT2D eigenvalue weighted by Gasteiger charge is -2.16. The number of aryl methyl sites for hydroxylation is 2. The number of carbonyl (C=O) groups is 2. The SMILES string of the molecule is COC(=O)C(Cc1c[nH]c2ccccc12)NC(=O)c1cc(C)sc1C. The van der Waals surface area contributed by atoms with Gasteiger partial charge in [-0.05, 0) is 31.5 Å². The number of fused-ring (bicyclic) bond motifs is 1. The average molecular weight is 356 g/mol. The molecular weight excluding hydrogens is 336 g/mol. The average Bonchev–Trinajstić information content (AvgIpc) is 3.16. The Kier molecular flexibility index (Phi) is 4.90. The van der Waals surface area contributed by atoms with Crippen molar-refractivity contribution in [2.45, 2.75) is 26.3 Å². The van der Waals surface area contributed by atoms with Crippen molar-refractivity contribution >= 4 is 34.1 Å². The summed E-state index contributed by atoms with van der Waals surface area (Å²) in [6.45, 7) is 3.86. The maximum absolute atomic E-state index is 12.6. The lowest BCUT2D eigenvalue weighted by molar-refractivity contribution is -0.142. The summed E-state index contributed by atoms with van der Waals surface area (Å²) < 4.78 is 4.88. The third-order valence-corrected chi connectivity index (χ3v) is 5.14. The minimum Gasteiger partial charge on any atom is -0.467 e. The molecule has 0 radical (unpaired) electrons. The van der Waals surface area contributed by atoms with Gasteiger partial charge in [-0.1, -0.05) is 18.2 Å². The van der Waals surface area contributed by atoms with Crippen LogP contribution >= 0.6 is 11.3 Å². The molecule has 1 aromatic carbocycles. The fourth-order valence-electron chi connectivity index (χ4n) is 2.95. The lowest BCUT2D eigenvalue weighted by atomic mass is 10.0. The Hall–Kier alpha value is -2.60. The van der Waals surface area contributed by atoms with Crippen molar-refractivity contribution in [2.24, 2.45) is 0 Å². The lowest BCUT2D eigenvalue weighted by Crippen LogP contribution is -2.43. The molecule has 6 heteroatoms. The second-order valence-corrected chi connectivity index (χ2v) is 7.40. The van der Waals surface area contributed by atoms with E-state index >= 15 is 0 Å². The van der Waals surface area contributed by atoms with Gasteiger partial charge in [-0.15, -0.1) is 11.3 Å². The van der Waals surface area contributed by atoms with Gasteiger partial charge in [0.05, 0.1) is 12.7 Å². The van der Waals surface area contributed by atoms with Gasteiger partial charge in [0.1, 0.15) is 6.04 Å². The van der Waals surface area contributed by atoms with E-state index in [-0.39, 0.29) is 5.91 Å². The number of aromatic nitrogens is 1. The van der Waals surface area contributed by atoms with Crippen molar-refractivity contribution in [3.63, 3.8) is 0 Å². The van der Waals surface area contributed by atoms with Gasteiger partial charge in [0, 0.05) is 33.3 Å². The van der Waals surface area contributed by atoms with Crippen molar-refractivity contribution in [1.82, 2.24) is 10.3 Å². The Morgan fingerprint density at radius 1 is 1.28 bits per heavy atom. The molecule has 0 aliphatic heterocycles. The Morgan fingerprint density at radius 3 is 2.72 bits per heavy atom. The minimum absolute atomic E-state index is 0.253. The van der Waals surface area contributed by atoms with Crippen molar-refractivity contribution in [3.05, 3.63) is 57.4 Å². The molecule has 1 amide bonds. The highest BCUT2D eigenvalue weighted by Gasteiger charge is 2.25. The van der Waals surface area contributed by atoms with E-state index in [2.05, 4.69) is 10.3 Å².